The molecule has 5 heteroatoms. The molecule has 18 heavy (non-hydrogen) atoms. The van der Waals surface area contributed by atoms with Gasteiger partial charge in [-0.15, -0.1) is 0 Å². The van der Waals surface area contributed by atoms with Gasteiger partial charge in [-0.1, -0.05) is 0 Å². The summed E-state index contributed by atoms with van der Waals surface area (Å²) in [6.07, 6.45) is 2.63. The molecule has 0 aromatic carbocycles. The van der Waals surface area contributed by atoms with E-state index in [-0.39, 0.29) is 29.4 Å². The number of carbonyl (C=O) groups is 2. The van der Waals surface area contributed by atoms with Gasteiger partial charge in [-0.2, -0.15) is 0 Å². The van der Waals surface area contributed by atoms with Crippen LogP contribution in [0.3, 0.4) is 0 Å². The van der Waals surface area contributed by atoms with E-state index >= 15 is 0 Å². The molecule has 0 aliphatic carbocycles. The van der Waals surface area contributed by atoms with Crippen molar-refractivity contribution >= 4 is 11.9 Å². The molecular weight excluding hydrogens is 232 g/mol. The van der Waals surface area contributed by atoms with E-state index in [2.05, 4.69) is 10.2 Å². The predicted octanol–water partition coefficient (Wildman–Crippen LogP) is 0.839. The van der Waals surface area contributed by atoms with Gasteiger partial charge < -0.3 is 10.4 Å². The molecule has 3 unspecified atom stereocenters. The first-order chi connectivity index (χ1) is 8.28. The van der Waals surface area contributed by atoms with E-state index in [1.54, 1.807) is 0 Å². The molecule has 1 amide bonds. The van der Waals surface area contributed by atoms with E-state index in [1.165, 1.54) is 0 Å². The lowest BCUT2D eigenvalue weighted by atomic mass is 9.89. The summed E-state index contributed by atoms with van der Waals surface area (Å²) in [6, 6.07) is 0.333. The molecule has 2 rings (SSSR count). The van der Waals surface area contributed by atoms with Crippen molar-refractivity contribution in [2.45, 2.75) is 57.7 Å². The van der Waals surface area contributed by atoms with Gasteiger partial charge in [-0.05, 0) is 40.0 Å². The molecule has 0 radical (unpaired) electrons. The van der Waals surface area contributed by atoms with Crippen molar-refractivity contribution in [1.29, 1.82) is 0 Å². The summed E-state index contributed by atoms with van der Waals surface area (Å²) in [5.74, 6) is -1.01. The molecule has 0 aromatic heterocycles. The second kappa shape index (κ2) is 4.53. The van der Waals surface area contributed by atoms with Crippen LogP contribution in [0.5, 0.6) is 0 Å². The van der Waals surface area contributed by atoms with Crippen molar-refractivity contribution in [3.05, 3.63) is 0 Å². The minimum Gasteiger partial charge on any atom is -0.481 e. The average Bonchev–Trinajstić information content (AvgIpc) is 2.72. The first-order valence-corrected chi connectivity index (χ1v) is 6.57. The van der Waals surface area contributed by atoms with Crippen LogP contribution in [0.2, 0.25) is 0 Å². The molecule has 0 spiro atoms. The van der Waals surface area contributed by atoms with Crippen molar-refractivity contribution < 1.29 is 14.7 Å². The van der Waals surface area contributed by atoms with Crippen LogP contribution in [0.4, 0.5) is 0 Å². The summed E-state index contributed by atoms with van der Waals surface area (Å²) in [4.78, 5) is 25.1. The van der Waals surface area contributed by atoms with Crippen LogP contribution in [-0.2, 0) is 9.59 Å². The number of hydrogen-bond donors (Lipinski definition) is 2. The highest BCUT2D eigenvalue weighted by molar-refractivity contribution is 5.79. The van der Waals surface area contributed by atoms with Crippen LogP contribution in [0, 0.1) is 5.92 Å². The molecule has 0 saturated carbocycles. The number of fused-ring (bicyclic) bond motifs is 2. The van der Waals surface area contributed by atoms with Gasteiger partial charge >= 0.3 is 5.97 Å². The summed E-state index contributed by atoms with van der Waals surface area (Å²) < 4.78 is 0. The molecule has 0 aromatic rings. The molecule has 2 saturated heterocycles. The Morgan fingerprint density at radius 2 is 2.00 bits per heavy atom. The molecule has 102 valence electrons. The maximum Gasteiger partial charge on any atom is 0.308 e. The standard InChI is InChI=1S/C13H22N2O3/c1-13(2,3)14-11(16)7-15-8-4-5-10(15)9(6-8)12(17)18/h8-10H,4-7H2,1-3H3,(H,14,16)(H,17,18). The van der Waals surface area contributed by atoms with Crippen molar-refractivity contribution in [2.75, 3.05) is 6.54 Å². The lowest BCUT2D eigenvalue weighted by Crippen LogP contribution is -2.47. The van der Waals surface area contributed by atoms with Gasteiger partial charge in [0.2, 0.25) is 5.91 Å². The number of amides is 1. The molecule has 3 atom stereocenters. The minimum absolute atomic E-state index is 0.00885. The number of nitrogens with zero attached hydrogens (tertiary/aromatic N) is 1. The lowest BCUT2D eigenvalue weighted by molar-refractivity contribution is -0.143. The highest BCUT2D eigenvalue weighted by Crippen LogP contribution is 2.41. The Labute approximate surface area is 108 Å². The Balaban J connectivity index is 1.95. The van der Waals surface area contributed by atoms with E-state index in [1.807, 2.05) is 20.8 Å². The van der Waals surface area contributed by atoms with E-state index in [4.69, 9.17) is 5.11 Å². The summed E-state index contributed by atoms with van der Waals surface area (Å²) >= 11 is 0. The zero-order valence-electron chi connectivity index (χ0n) is 11.3. The fourth-order valence-electron chi connectivity index (χ4n) is 3.24. The predicted molar refractivity (Wildman–Crippen MR) is 67.2 cm³/mol. The topological polar surface area (TPSA) is 69.6 Å². The maximum atomic E-state index is 11.9. The Hall–Kier alpha value is -1.10. The van der Waals surface area contributed by atoms with E-state index < -0.39 is 5.97 Å². The zero-order valence-corrected chi connectivity index (χ0v) is 11.3. The van der Waals surface area contributed by atoms with Crippen molar-refractivity contribution in [2.24, 2.45) is 5.92 Å². The first kappa shape index (κ1) is 13.3. The third-order valence-electron chi connectivity index (χ3n) is 3.84. The number of carboxylic acid groups (broad SMARTS) is 1. The Bertz CT molecular complexity index is 362. The van der Waals surface area contributed by atoms with Crippen molar-refractivity contribution in [1.82, 2.24) is 10.2 Å². The largest absolute Gasteiger partial charge is 0.481 e. The normalized spacial score (nSPS) is 31.6. The fraction of sp³-hybridized carbons (Fsp3) is 0.846. The average molecular weight is 254 g/mol. The fourth-order valence-corrected chi connectivity index (χ4v) is 3.24. The third-order valence-corrected chi connectivity index (χ3v) is 3.84. The molecule has 2 N–H and O–H groups in total. The quantitative estimate of drug-likeness (QED) is 0.783. The smallest absolute Gasteiger partial charge is 0.308 e. The minimum atomic E-state index is -0.719. The van der Waals surface area contributed by atoms with Crippen LogP contribution in [0.1, 0.15) is 40.0 Å². The van der Waals surface area contributed by atoms with Crippen LogP contribution in [0.15, 0.2) is 0 Å². The third kappa shape index (κ3) is 2.66. The second-order valence-electron chi connectivity index (χ2n) is 6.45. The van der Waals surface area contributed by atoms with Gasteiger partial charge in [0.25, 0.3) is 0 Å². The van der Waals surface area contributed by atoms with Gasteiger partial charge in [0.05, 0.1) is 12.5 Å². The molecule has 5 nitrogen and oxygen atoms in total. The van der Waals surface area contributed by atoms with Gasteiger partial charge in [0.1, 0.15) is 0 Å². The number of aliphatic carboxylic acids is 1. The Morgan fingerprint density at radius 3 is 2.50 bits per heavy atom. The number of nitrogens with one attached hydrogen (secondary N) is 1. The lowest BCUT2D eigenvalue weighted by Gasteiger charge is -2.26. The van der Waals surface area contributed by atoms with E-state index in [0.29, 0.717) is 13.0 Å². The van der Waals surface area contributed by atoms with Crippen molar-refractivity contribution in [3.8, 4) is 0 Å². The van der Waals surface area contributed by atoms with E-state index in [0.717, 1.165) is 12.8 Å². The SMILES string of the molecule is CC(C)(C)NC(=O)CN1C2CCC1C(C(=O)O)C2. The van der Waals surface area contributed by atoms with Gasteiger partial charge in [-0.3, -0.25) is 14.5 Å². The monoisotopic (exact) mass is 254 g/mol. The maximum absolute atomic E-state index is 11.9. The molecular formula is C13H22N2O3. The second-order valence-corrected chi connectivity index (χ2v) is 6.45. The first-order valence-electron chi connectivity index (χ1n) is 6.57. The number of carboxylic acids is 1. The molecule has 2 fully saturated rings. The highest BCUT2D eigenvalue weighted by Gasteiger charge is 2.49. The molecule has 2 bridgehead atoms. The van der Waals surface area contributed by atoms with Crippen LogP contribution in [-0.4, -0.2) is 46.1 Å². The Kier molecular flexibility index (Phi) is 3.36. The van der Waals surface area contributed by atoms with E-state index in [9.17, 15) is 9.59 Å². The summed E-state index contributed by atoms with van der Waals surface area (Å²) in [5, 5.41) is 12.1. The van der Waals surface area contributed by atoms with Crippen LogP contribution < -0.4 is 5.32 Å². The molecule has 2 heterocycles. The van der Waals surface area contributed by atoms with Gasteiger partial charge in [0, 0.05) is 17.6 Å². The number of hydrogen-bond acceptors (Lipinski definition) is 3. The van der Waals surface area contributed by atoms with Crippen molar-refractivity contribution in [3.63, 3.8) is 0 Å². The van der Waals surface area contributed by atoms with Gasteiger partial charge in [0.15, 0.2) is 0 Å². The summed E-state index contributed by atoms with van der Waals surface area (Å²) in [5.41, 5.74) is -0.234. The highest BCUT2D eigenvalue weighted by atomic mass is 16.4. The molecule has 2 aliphatic heterocycles. The summed E-state index contributed by atoms with van der Waals surface area (Å²) in [6.45, 7) is 6.17. The Morgan fingerprint density at radius 1 is 1.33 bits per heavy atom. The zero-order chi connectivity index (χ0) is 13.5. The van der Waals surface area contributed by atoms with Crippen LogP contribution >= 0.6 is 0 Å². The molecule has 2 aliphatic rings. The van der Waals surface area contributed by atoms with Gasteiger partial charge in [-0.25, -0.2) is 0 Å². The summed E-state index contributed by atoms with van der Waals surface area (Å²) in [7, 11) is 0. The number of rotatable bonds is 3. The van der Waals surface area contributed by atoms with Crippen LogP contribution in [0.25, 0.3) is 0 Å². The number of carbonyl (C=O) groups excluding carboxylic acids is 1.